The van der Waals surface area contributed by atoms with Crippen LogP contribution in [0.5, 0.6) is 0 Å². The summed E-state index contributed by atoms with van der Waals surface area (Å²) < 4.78 is 5.64. The van der Waals surface area contributed by atoms with Gasteiger partial charge in [-0.15, -0.1) is 0 Å². The maximum absolute atomic E-state index is 12.4. The van der Waals surface area contributed by atoms with E-state index in [0.717, 1.165) is 19.4 Å². The molecule has 1 N–H and O–H groups in total. The van der Waals surface area contributed by atoms with Crippen molar-refractivity contribution in [2.24, 2.45) is 0 Å². The van der Waals surface area contributed by atoms with Gasteiger partial charge in [0.2, 0.25) is 5.91 Å². The van der Waals surface area contributed by atoms with Crippen LogP contribution in [0.4, 0.5) is 0 Å². The summed E-state index contributed by atoms with van der Waals surface area (Å²) in [5, 5.41) is 0.550. The Balaban J connectivity index is 1.83. The molecule has 3 rings (SSSR count). The molecule has 1 aromatic heterocycles. The summed E-state index contributed by atoms with van der Waals surface area (Å²) in [6.45, 7) is 1.53. The second-order valence-electron chi connectivity index (χ2n) is 5.91. The summed E-state index contributed by atoms with van der Waals surface area (Å²) in [5.41, 5.74) is 0.448. The zero-order valence-corrected chi connectivity index (χ0v) is 14.3. The highest BCUT2D eigenvalue weighted by molar-refractivity contribution is 7.80. The second kappa shape index (κ2) is 7.81. The second-order valence-corrected chi connectivity index (χ2v) is 6.36. The first-order valence-corrected chi connectivity index (χ1v) is 8.79. The molecule has 0 saturated carbocycles. The fourth-order valence-corrected chi connectivity index (χ4v) is 3.12. The van der Waals surface area contributed by atoms with Gasteiger partial charge in [-0.25, -0.2) is 4.98 Å². The summed E-state index contributed by atoms with van der Waals surface area (Å²) in [4.78, 5) is 33.5. The molecule has 2 heterocycles. The molecular weight excluding hydrogens is 326 g/mol. The molecule has 0 spiro atoms. The molecule has 0 bridgehead atoms. The molecule has 0 aliphatic carbocycles. The summed E-state index contributed by atoms with van der Waals surface area (Å²) >= 11 is 4.14. The zero-order chi connectivity index (χ0) is 16.9. The van der Waals surface area contributed by atoms with Crippen LogP contribution in [0.15, 0.2) is 29.1 Å². The Bertz CT molecular complexity index is 771. The molecule has 2 aromatic rings. The molecule has 1 saturated heterocycles. The van der Waals surface area contributed by atoms with E-state index in [1.165, 1.54) is 0 Å². The minimum atomic E-state index is -0.186. The number of benzene rings is 1. The Morgan fingerprint density at radius 2 is 2.25 bits per heavy atom. The molecule has 0 radical (unpaired) electrons. The normalized spacial score (nSPS) is 17.3. The van der Waals surface area contributed by atoms with Crippen molar-refractivity contribution >= 4 is 29.4 Å². The highest BCUT2D eigenvalue weighted by Gasteiger charge is 2.23. The number of nitrogens with zero attached hydrogens (tertiary/aromatic N) is 2. The lowest BCUT2D eigenvalue weighted by Crippen LogP contribution is -2.38. The van der Waals surface area contributed by atoms with Gasteiger partial charge < -0.3 is 14.6 Å². The number of aromatic amines is 1. The number of carbonyl (C=O) groups is 1. The molecule has 1 aromatic carbocycles. The van der Waals surface area contributed by atoms with Gasteiger partial charge in [0.25, 0.3) is 5.56 Å². The first-order valence-electron chi connectivity index (χ1n) is 8.15. The third kappa shape index (κ3) is 3.96. The smallest absolute Gasteiger partial charge is 0.258 e. The van der Waals surface area contributed by atoms with Crippen molar-refractivity contribution in [3.63, 3.8) is 0 Å². The maximum atomic E-state index is 12.4. The van der Waals surface area contributed by atoms with E-state index in [9.17, 15) is 9.59 Å². The highest BCUT2D eigenvalue weighted by atomic mass is 32.1. The van der Waals surface area contributed by atoms with Crippen molar-refractivity contribution in [2.45, 2.75) is 31.9 Å². The van der Waals surface area contributed by atoms with Crippen LogP contribution in [0.25, 0.3) is 10.9 Å². The van der Waals surface area contributed by atoms with Crippen molar-refractivity contribution in [3.8, 4) is 0 Å². The Hall–Kier alpha value is -1.86. The summed E-state index contributed by atoms with van der Waals surface area (Å²) in [7, 11) is 0. The number of nitrogens with one attached hydrogen (secondary N) is 1. The Morgan fingerprint density at radius 3 is 3.00 bits per heavy atom. The van der Waals surface area contributed by atoms with Gasteiger partial charge in [0.05, 0.1) is 23.6 Å². The van der Waals surface area contributed by atoms with Crippen molar-refractivity contribution in [3.05, 3.63) is 40.4 Å². The van der Waals surface area contributed by atoms with E-state index in [1.807, 2.05) is 6.07 Å². The van der Waals surface area contributed by atoms with Gasteiger partial charge in [0.1, 0.15) is 5.82 Å². The van der Waals surface area contributed by atoms with Crippen LogP contribution >= 0.6 is 12.6 Å². The van der Waals surface area contributed by atoms with Crippen LogP contribution in [0.1, 0.15) is 25.1 Å². The van der Waals surface area contributed by atoms with Crippen molar-refractivity contribution in [1.82, 2.24) is 14.9 Å². The third-order valence-electron chi connectivity index (χ3n) is 4.13. The molecule has 1 amide bonds. The van der Waals surface area contributed by atoms with Crippen molar-refractivity contribution in [1.29, 1.82) is 0 Å². The SMILES string of the molecule is O=C(CCS)N(Cc1nc2ccccc2c(=O)[nH]1)CC1CCCO1. The predicted molar refractivity (Wildman–Crippen MR) is 95.2 cm³/mol. The van der Waals surface area contributed by atoms with Crippen LogP contribution in [-0.2, 0) is 16.1 Å². The number of thiol groups is 1. The van der Waals surface area contributed by atoms with Crippen LogP contribution in [0.3, 0.4) is 0 Å². The first-order chi connectivity index (χ1) is 11.7. The Labute approximate surface area is 145 Å². The lowest BCUT2D eigenvalue weighted by Gasteiger charge is -2.25. The average Bonchev–Trinajstić information content (AvgIpc) is 3.08. The maximum Gasteiger partial charge on any atom is 0.258 e. The van der Waals surface area contributed by atoms with E-state index in [1.54, 1.807) is 23.1 Å². The van der Waals surface area contributed by atoms with Crippen LogP contribution in [0.2, 0.25) is 0 Å². The highest BCUT2D eigenvalue weighted by Crippen LogP contribution is 2.15. The van der Waals surface area contributed by atoms with Gasteiger partial charge in [0, 0.05) is 19.6 Å². The summed E-state index contributed by atoms with van der Waals surface area (Å²) in [5.74, 6) is 0.975. The number of amides is 1. The lowest BCUT2D eigenvalue weighted by molar-refractivity contribution is -0.133. The number of para-hydroxylation sites is 1. The topological polar surface area (TPSA) is 75.3 Å². The number of ether oxygens (including phenoxy) is 1. The summed E-state index contributed by atoms with van der Waals surface area (Å²) in [6, 6.07) is 7.18. The molecule has 1 aliphatic rings. The number of H-pyrrole nitrogens is 1. The fourth-order valence-electron chi connectivity index (χ4n) is 2.93. The third-order valence-corrected chi connectivity index (χ3v) is 4.35. The van der Waals surface area contributed by atoms with E-state index in [-0.39, 0.29) is 24.1 Å². The molecule has 128 valence electrons. The van der Waals surface area contributed by atoms with E-state index in [2.05, 4.69) is 22.6 Å². The molecule has 7 heteroatoms. The van der Waals surface area contributed by atoms with Gasteiger partial charge in [0.15, 0.2) is 0 Å². The number of fused-ring (bicyclic) bond motifs is 1. The van der Waals surface area contributed by atoms with Crippen LogP contribution < -0.4 is 5.56 Å². The fraction of sp³-hybridized carbons (Fsp3) is 0.471. The van der Waals surface area contributed by atoms with E-state index in [4.69, 9.17) is 4.74 Å². The molecule has 1 unspecified atom stereocenters. The molecule has 1 atom stereocenters. The zero-order valence-electron chi connectivity index (χ0n) is 13.4. The average molecular weight is 347 g/mol. The van der Waals surface area contributed by atoms with Gasteiger partial charge in [-0.3, -0.25) is 9.59 Å². The van der Waals surface area contributed by atoms with Crippen LogP contribution in [-0.4, -0.2) is 45.8 Å². The molecule has 24 heavy (non-hydrogen) atoms. The van der Waals surface area contributed by atoms with Gasteiger partial charge >= 0.3 is 0 Å². The van der Waals surface area contributed by atoms with Gasteiger partial charge in [-0.1, -0.05) is 12.1 Å². The number of hydrogen-bond acceptors (Lipinski definition) is 5. The standard InChI is InChI=1S/C17H21N3O3S/c21-16(7-9-24)20(10-12-4-3-8-23-12)11-15-18-14-6-2-1-5-13(14)17(22)19-15/h1-2,5-6,12,24H,3-4,7-11H2,(H,18,19,22). The Kier molecular flexibility index (Phi) is 5.52. The summed E-state index contributed by atoms with van der Waals surface area (Å²) in [6.07, 6.45) is 2.38. The molecule has 1 aliphatic heterocycles. The minimum Gasteiger partial charge on any atom is -0.376 e. The van der Waals surface area contributed by atoms with E-state index < -0.39 is 0 Å². The van der Waals surface area contributed by atoms with Crippen molar-refractivity contribution in [2.75, 3.05) is 18.9 Å². The quantitative estimate of drug-likeness (QED) is 0.781. The number of carbonyl (C=O) groups excluding carboxylic acids is 1. The molecule has 1 fully saturated rings. The van der Waals surface area contributed by atoms with Crippen molar-refractivity contribution < 1.29 is 9.53 Å². The van der Waals surface area contributed by atoms with Gasteiger partial charge in [-0.2, -0.15) is 12.6 Å². The number of aromatic nitrogens is 2. The number of hydrogen-bond donors (Lipinski definition) is 2. The lowest BCUT2D eigenvalue weighted by atomic mass is 10.2. The molecular formula is C17H21N3O3S. The van der Waals surface area contributed by atoms with E-state index in [0.29, 0.717) is 35.4 Å². The van der Waals surface area contributed by atoms with E-state index >= 15 is 0 Å². The Morgan fingerprint density at radius 1 is 1.42 bits per heavy atom. The van der Waals surface area contributed by atoms with Gasteiger partial charge in [-0.05, 0) is 30.7 Å². The predicted octanol–water partition coefficient (Wildman–Crippen LogP) is 1.75. The first kappa shape index (κ1) is 17.0. The number of rotatable bonds is 6. The van der Waals surface area contributed by atoms with Crippen LogP contribution in [0, 0.1) is 0 Å². The monoisotopic (exact) mass is 347 g/mol. The molecule has 6 nitrogen and oxygen atoms in total. The minimum absolute atomic E-state index is 0.00342. The largest absolute Gasteiger partial charge is 0.376 e.